The zero-order valence-electron chi connectivity index (χ0n) is 16.6. The molecule has 7 nitrogen and oxygen atoms in total. The molecule has 4 aromatic rings. The van der Waals surface area contributed by atoms with Crippen LogP contribution < -0.4 is 5.73 Å². The number of primary amides is 1. The second kappa shape index (κ2) is 8.16. The molecule has 0 saturated heterocycles. The van der Waals surface area contributed by atoms with Crippen molar-refractivity contribution < 1.29 is 19.4 Å². The first-order valence-corrected chi connectivity index (χ1v) is 9.45. The van der Waals surface area contributed by atoms with Crippen LogP contribution in [0.4, 0.5) is 5.69 Å². The summed E-state index contributed by atoms with van der Waals surface area (Å²) in [6.45, 7) is 0. The molecule has 0 unspecified atom stereocenters. The minimum Gasteiger partial charge on any atom is -0.494 e. The third-order valence-electron chi connectivity index (χ3n) is 4.88. The molecule has 3 aromatic carbocycles. The maximum atomic E-state index is 11.9. The first-order valence-electron chi connectivity index (χ1n) is 9.45. The van der Waals surface area contributed by atoms with Crippen molar-refractivity contribution in [3.8, 4) is 5.88 Å². The quantitative estimate of drug-likeness (QED) is 0.339. The van der Waals surface area contributed by atoms with Crippen molar-refractivity contribution in [3.05, 3.63) is 95.1 Å². The Morgan fingerprint density at radius 1 is 0.935 bits per heavy atom. The number of fused-ring (bicyclic) bond motifs is 1. The first kappa shape index (κ1) is 19.9. The van der Waals surface area contributed by atoms with Crippen LogP contribution in [0.25, 0.3) is 10.9 Å². The monoisotopic (exact) mass is 413 g/mol. The van der Waals surface area contributed by atoms with Gasteiger partial charge in [0.15, 0.2) is 5.88 Å². The summed E-state index contributed by atoms with van der Waals surface area (Å²) in [5, 5.41) is 11.4. The molecule has 0 fully saturated rings. The fourth-order valence-electron chi connectivity index (χ4n) is 3.36. The number of ether oxygens (including phenoxy) is 1. The number of H-pyrrole nitrogens is 1. The van der Waals surface area contributed by atoms with Crippen LogP contribution in [0.15, 0.2) is 77.8 Å². The van der Waals surface area contributed by atoms with Gasteiger partial charge in [-0.3, -0.25) is 4.79 Å². The molecular formula is C24H19N3O4. The molecule has 4 rings (SSSR count). The van der Waals surface area contributed by atoms with Crippen LogP contribution in [-0.2, 0) is 4.74 Å². The number of carbonyl (C=O) groups excluding carboxylic acids is 2. The molecule has 0 bridgehead atoms. The number of esters is 1. The number of methoxy groups -OCH3 is 1. The lowest BCUT2D eigenvalue weighted by molar-refractivity contribution is 0.0600. The predicted octanol–water partition coefficient (Wildman–Crippen LogP) is 3.93. The number of rotatable bonds is 5. The van der Waals surface area contributed by atoms with Gasteiger partial charge in [-0.15, -0.1) is 0 Å². The molecule has 0 saturated carbocycles. The molecule has 0 spiro atoms. The summed E-state index contributed by atoms with van der Waals surface area (Å²) in [4.78, 5) is 30.9. The Kier molecular flexibility index (Phi) is 5.24. The van der Waals surface area contributed by atoms with Gasteiger partial charge in [-0.2, -0.15) is 0 Å². The number of carbonyl (C=O) groups is 2. The average molecular weight is 413 g/mol. The van der Waals surface area contributed by atoms with Crippen LogP contribution in [0.3, 0.4) is 0 Å². The van der Waals surface area contributed by atoms with Crippen molar-refractivity contribution >= 4 is 34.2 Å². The number of benzene rings is 3. The van der Waals surface area contributed by atoms with E-state index in [0.29, 0.717) is 39.0 Å². The van der Waals surface area contributed by atoms with E-state index in [0.717, 1.165) is 5.56 Å². The summed E-state index contributed by atoms with van der Waals surface area (Å²) in [5.74, 6) is -1.06. The Morgan fingerprint density at radius 2 is 1.61 bits per heavy atom. The van der Waals surface area contributed by atoms with E-state index >= 15 is 0 Å². The Bertz CT molecular complexity index is 1310. The topological polar surface area (TPSA) is 118 Å². The van der Waals surface area contributed by atoms with Gasteiger partial charge in [0.2, 0.25) is 5.91 Å². The molecule has 1 heterocycles. The van der Waals surface area contributed by atoms with E-state index in [1.807, 2.05) is 30.3 Å². The van der Waals surface area contributed by atoms with E-state index in [4.69, 9.17) is 15.5 Å². The van der Waals surface area contributed by atoms with Crippen LogP contribution in [0.1, 0.15) is 31.8 Å². The van der Waals surface area contributed by atoms with Crippen LogP contribution in [-0.4, -0.2) is 34.8 Å². The van der Waals surface area contributed by atoms with Crippen molar-refractivity contribution in [1.82, 2.24) is 4.98 Å². The summed E-state index contributed by atoms with van der Waals surface area (Å²) in [6.07, 6.45) is 0. The summed E-state index contributed by atoms with van der Waals surface area (Å²) >= 11 is 0. The molecule has 31 heavy (non-hydrogen) atoms. The molecule has 1 aromatic heterocycles. The van der Waals surface area contributed by atoms with E-state index in [9.17, 15) is 14.7 Å². The fraction of sp³-hybridized carbons (Fsp3) is 0.0417. The van der Waals surface area contributed by atoms with Crippen LogP contribution in [0.2, 0.25) is 0 Å². The molecule has 0 aliphatic rings. The lowest BCUT2D eigenvalue weighted by Gasteiger charge is -2.08. The van der Waals surface area contributed by atoms with Crippen molar-refractivity contribution in [2.24, 2.45) is 10.7 Å². The number of nitrogens with two attached hydrogens (primary N) is 1. The number of aromatic hydroxyl groups is 1. The Balaban J connectivity index is 1.90. The summed E-state index contributed by atoms with van der Waals surface area (Å²) < 4.78 is 4.77. The molecule has 0 radical (unpaired) electrons. The van der Waals surface area contributed by atoms with Gasteiger partial charge in [0.1, 0.15) is 0 Å². The zero-order valence-corrected chi connectivity index (χ0v) is 16.6. The van der Waals surface area contributed by atoms with Gasteiger partial charge >= 0.3 is 5.97 Å². The Hall–Kier alpha value is -4.39. The van der Waals surface area contributed by atoms with Crippen molar-refractivity contribution in [1.29, 1.82) is 0 Å². The minimum atomic E-state index is -0.519. The van der Waals surface area contributed by atoms with Crippen molar-refractivity contribution in [2.75, 3.05) is 7.11 Å². The fourth-order valence-corrected chi connectivity index (χ4v) is 3.36. The highest BCUT2D eigenvalue weighted by Crippen LogP contribution is 2.32. The van der Waals surface area contributed by atoms with Crippen LogP contribution >= 0.6 is 0 Å². The standard InChI is InChI=1S/C24H19N3O4/c1-31-24(30)16-9-12-18-19(13-16)27-23(29)20(18)21(14-5-3-2-4-6-14)26-17-10-7-15(8-11-17)22(25)28/h2-13,27,29H,1H3,(H2,25,28). The van der Waals surface area contributed by atoms with Crippen molar-refractivity contribution in [3.63, 3.8) is 0 Å². The van der Waals surface area contributed by atoms with E-state index in [-0.39, 0.29) is 5.88 Å². The molecule has 0 atom stereocenters. The van der Waals surface area contributed by atoms with Crippen molar-refractivity contribution in [2.45, 2.75) is 0 Å². The zero-order chi connectivity index (χ0) is 22.0. The smallest absolute Gasteiger partial charge is 0.337 e. The van der Waals surface area contributed by atoms with Gasteiger partial charge in [0.25, 0.3) is 0 Å². The number of hydrogen-bond acceptors (Lipinski definition) is 5. The predicted molar refractivity (Wildman–Crippen MR) is 118 cm³/mol. The lowest BCUT2D eigenvalue weighted by Crippen LogP contribution is -2.10. The third kappa shape index (κ3) is 3.89. The van der Waals surface area contributed by atoms with E-state index in [1.165, 1.54) is 7.11 Å². The second-order valence-electron chi connectivity index (χ2n) is 6.84. The van der Waals surface area contributed by atoms with E-state index < -0.39 is 11.9 Å². The molecule has 154 valence electrons. The van der Waals surface area contributed by atoms with Gasteiger partial charge in [-0.05, 0) is 36.4 Å². The highest BCUT2D eigenvalue weighted by Gasteiger charge is 2.20. The molecule has 0 aliphatic carbocycles. The number of aromatic nitrogens is 1. The number of aromatic amines is 1. The summed E-state index contributed by atoms with van der Waals surface area (Å²) in [5.41, 5.74) is 9.03. The molecule has 4 N–H and O–H groups in total. The maximum Gasteiger partial charge on any atom is 0.337 e. The SMILES string of the molecule is COC(=O)c1ccc2c(C(=Nc3ccc(C(N)=O)cc3)c3ccccc3)c(O)[nH]c2c1. The molecule has 7 heteroatoms. The minimum absolute atomic E-state index is 0.0756. The largest absolute Gasteiger partial charge is 0.494 e. The van der Waals surface area contributed by atoms with E-state index in [1.54, 1.807) is 42.5 Å². The normalized spacial score (nSPS) is 11.5. The highest BCUT2D eigenvalue weighted by molar-refractivity contribution is 6.22. The van der Waals surface area contributed by atoms with Crippen LogP contribution in [0.5, 0.6) is 5.88 Å². The lowest BCUT2D eigenvalue weighted by atomic mass is 10.00. The molecular weight excluding hydrogens is 394 g/mol. The average Bonchev–Trinajstić information content (AvgIpc) is 3.12. The van der Waals surface area contributed by atoms with Gasteiger partial charge in [-0.25, -0.2) is 9.79 Å². The second-order valence-corrected chi connectivity index (χ2v) is 6.84. The number of hydrogen-bond donors (Lipinski definition) is 3. The maximum absolute atomic E-state index is 11.9. The Morgan fingerprint density at radius 3 is 2.26 bits per heavy atom. The third-order valence-corrected chi connectivity index (χ3v) is 4.88. The highest BCUT2D eigenvalue weighted by atomic mass is 16.5. The van der Waals surface area contributed by atoms with Crippen LogP contribution in [0, 0.1) is 0 Å². The first-order chi connectivity index (χ1) is 15.0. The summed E-state index contributed by atoms with van der Waals surface area (Å²) in [7, 11) is 1.31. The summed E-state index contributed by atoms with van der Waals surface area (Å²) in [6, 6.07) is 21.0. The molecule has 1 amide bonds. The Labute approximate surface area is 177 Å². The van der Waals surface area contributed by atoms with Gasteiger partial charge in [-0.1, -0.05) is 36.4 Å². The van der Waals surface area contributed by atoms with E-state index in [2.05, 4.69) is 4.98 Å². The molecule has 0 aliphatic heterocycles. The van der Waals surface area contributed by atoms with Gasteiger partial charge in [0, 0.05) is 22.0 Å². The number of amides is 1. The number of nitrogens with one attached hydrogen (secondary N) is 1. The number of aliphatic imine (C=N–C) groups is 1. The number of nitrogens with zero attached hydrogens (tertiary/aromatic N) is 1. The van der Waals surface area contributed by atoms with Gasteiger partial charge in [0.05, 0.1) is 29.6 Å². The van der Waals surface area contributed by atoms with Gasteiger partial charge < -0.3 is 20.6 Å².